The van der Waals surface area contributed by atoms with Gasteiger partial charge in [-0.25, -0.2) is 4.79 Å². The number of nitrogens with zero attached hydrogens (tertiary/aromatic N) is 1. The van der Waals surface area contributed by atoms with Gasteiger partial charge in [0.15, 0.2) is 0 Å². The van der Waals surface area contributed by atoms with Crippen molar-refractivity contribution < 1.29 is 19.7 Å². The maximum absolute atomic E-state index is 11.1. The monoisotopic (exact) mass is 342 g/mol. The fourth-order valence-corrected chi connectivity index (χ4v) is 2.27. The molecule has 0 bridgehead atoms. The van der Waals surface area contributed by atoms with Crippen LogP contribution < -0.4 is 10.1 Å². The number of carboxylic acids is 1. The SMILES string of the molecule is CN=C(Oc1cccc(NCCCCO)c1)c1cccc(C(=O)O)c1. The van der Waals surface area contributed by atoms with E-state index < -0.39 is 5.97 Å². The number of nitrogens with one attached hydrogen (secondary N) is 1. The Bertz CT molecular complexity index is 744. The number of hydrogen-bond donors (Lipinski definition) is 3. The van der Waals surface area contributed by atoms with Gasteiger partial charge in [0.2, 0.25) is 5.90 Å². The summed E-state index contributed by atoms with van der Waals surface area (Å²) in [5, 5.41) is 21.2. The van der Waals surface area contributed by atoms with E-state index in [1.807, 2.05) is 24.3 Å². The highest BCUT2D eigenvalue weighted by Crippen LogP contribution is 2.19. The van der Waals surface area contributed by atoms with Crippen LogP contribution >= 0.6 is 0 Å². The first kappa shape index (κ1) is 18.5. The van der Waals surface area contributed by atoms with Crippen LogP contribution in [0, 0.1) is 0 Å². The van der Waals surface area contributed by atoms with Crippen LogP contribution in [-0.2, 0) is 0 Å². The molecule has 0 aliphatic carbocycles. The zero-order valence-corrected chi connectivity index (χ0v) is 14.1. The lowest BCUT2D eigenvalue weighted by Gasteiger charge is -2.11. The van der Waals surface area contributed by atoms with Crippen LogP contribution in [0.5, 0.6) is 5.75 Å². The molecule has 0 fully saturated rings. The lowest BCUT2D eigenvalue weighted by molar-refractivity contribution is 0.0697. The number of aromatic carboxylic acids is 1. The van der Waals surface area contributed by atoms with Crippen molar-refractivity contribution in [3.63, 3.8) is 0 Å². The molecule has 0 aromatic heterocycles. The molecule has 0 radical (unpaired) electrons. The van der Waals surface area contributed by atoms with Crippen LogP contribution in [0.4, 0.5) is 5.69 Å². The number of unbranched alkanes of at least 4 members (excludes halogenated alkanes) is 1. The molecule has 6 heteroatoms. The largest absolute Gasteiger partial charge is 0.478 e. The van der Waals surface area contributed by atoms with Gasteiger partial charge in [-0.05, 0) is 43.2 Å². The zero-order chi connectivity index (χ0) is 18.1. The molecule has 0 saturated heterocycles. The van der Waals surface area contributed by atoms with Gasteiger partial charge in [0.25, 0.3) is 0 Å². The van der Waals surface area contributed by atoms with E-state index in [9.17, 15) is 4.79 Å². The lowest BCUT2D eigenvalue weighted by Crippen LogP contribution is -2.12. The third-order valence-electron chi connectivity index (χ3n) is 3.52. The number of anilines is 1. The average Bonchev–Trinajstić information content (AvgIpc) is 2.64. The van der Waals surface area contributed by atoms with Crippen molar-refractivity contribution in [3.8, 4) is 5.75 Å². The maximum Gasteiger partial charge on any atom is 0.335 e. The Morgan fingerprint density at radius 3 is 2.60 bits per heavy atom. The summed E-state index contributed by atoms with van der Waals surface area (Å²) in [6.45, 7) is 0.954. The zero-order valence-electron chi connectivity index (χ0n) is 14.1. The van der Waals surface area contributed by atoms with Crippen molar-refractivity contribution in [2.75, 3.05) is 25.5 Å². The number of aliphatic imine (C=N–C) groups is 1. The van der Waals surface area contributed by atoms with Crippen LogP contribution in [0.2, 0.25) is 0 Å². The number of benzene rings is 2. The first-order valence-corrected chi connectivity index (χ1v) is 8.07. The van der Waals surface area contributed by atoms with Crippen LogP contribution in [0.15, 0.2) is 53.5 Å². The molecule has 0 saturated carbocycles. The fourth-order valence-electron chi connectivity index (χ4n) is 2.27. The standard InChI is InChI=1S/C19H22N2O4/c1-20-18(14-6-4-7-15(12-14)19(23)24)25-17-9-5-8-16(13-17)21-10-2-3-11-22/h4-9,12-13,21-22H,2-3,10-11H2,1H3,(H,23,24). The van der Waals surface area contributed by atoms with E-state index in [0.29, 0.717) is 17.2 Å². The van der Waals surface area contributed by atoms with Gasteiger partial charge >= 0.3 is 5.97 Å². The molecular formula is C19H22N2O4. The second kappa shape index (κ2) is 9.44. The smallest absolute Gasteiger partial charge is 0.335 e. The molecule has 2 aromatic rings. The van der Waals surface area contributed by atoms with Gasteiger partial charge < -0.3 is 20.3 Å². The fraction of sp³-hybridized carbons (Fsp3) is 0.263. The summed E-state index contributed by atoms with van der Waals surface area (Å²) in [7, 11) is 1.60. The minimum absolute atomic E-state index is 0.182. The summed E-state index contributed by atoms with van der Waals surface area (Å²) in [4.78, 5) is 15.2. The minimum Gasteiger partial charge on any atom is -0.478 e. The van der Waals surface area contributed by atoms with E-state index in [4.69, 9.17) is 14.9 Å². The van der Waals surface area contributed by atoms with Crippen molar-refractivity contribution in [1.82, 2.24) is 0 Å². The molecule has 6 nitrogen and oxygen atoms in total. The summed E-state index contributed by atoms with van der Waals surface area (Å²) in [6.07, 6.45) is 1.64. The summed E-state index contributed by atoms with van der Waals surface area (Å²) in [5.41, 5.74) is 1.69. The maximum atomic E-state index is 11.1. The Labute approximate surface area is 146 Å². The number of carboxylic acid groups (broad SMARTS) is 1. The van der Waals surface area contributed by atoms with Crippen LogP contribution in [0.1, 0.15) is 28.8 Å². The predicted octanol–water partition coefficient (Wildman–Crippen LogP) is 3.02. The third kappa shape index (κ3) is 5.61. The van der Waals surface area contributed by atoms with E-state index in [1.165, 1.54) is 12.1 Å². The molecule has 2 rings (SSSR count). The Hall–Kier alpha value is -2.86. The highest BCUT2D eigenvalue weighted by Gasteiger charge is 2.10. The summed E-state index contributed by atoms with van der Waals surface area (Å²) in [5.74, 6) is -0.0413. The van der Waals surface area contributed by atoms with Crippen LogP contribution in [-0.4, -0.2) is 42.3 Å². The Morgan fingerprint density at radius 2 is 1.88 bits per heavy atom. The number of aliphatic hydroxyl groups excluding tert-OH is 1. The number of ether oxygens (including phenoxy) is 1. The van der Waals surface area contributed by atoms with Gasteiger partial charge in [0.1, 0.15) is 5.75 Å². The van der Waals surface area contributed by atoms with E-state index in [-0.39, 0.29) is 12.2 Å². The first-order valence-electron chi connectivity index (χ1n) is 8.07. The van der Waals surface area contributed by atoms with Crippen LogP contribution in [0.25, 0.3) is 0 Å². The Kier molecular flexibility index (Phi) is 6.98. The number of rotatable bonds is 8. The average molecular weight is 342 g/mol. The second-order valence-corrected chi connectivity index (χ2v) is 5.40. The van der Waals surface area contributed by atoms with Gasteiger partial charge in [-0.3, -0.25) is 4.99 Å². The van der Waals surface area contributed by atoms with Crippen LogP contribution in [0.3, 0.4) is 0 Å². The summed E-state index contributed by atoms with van der Waals surface area (Å²) < 4.78 is 5.83. The highest BCUT2D eigenvalue weighted by molar-refractivity contribution is 5.98. The van der Waals surface area contributed by atoms with Gasteiger partial charge in [0.05, 0.1) is 5.56 Å². The number of hydrogen-bond acceptors (Lipinski definition) is 5. The molecule has 0 spiro atoms. The van der Waals surface area contributed by atoms with Crippen molar-refractivity contribution in [3.05, 3.63) is 59.7 Å². The predicted molar refractivity (Wildman–Crippen MR) is 97.7 cm³/mol. The van der Waals surface area contributed by atoms with E-state index in [1.54, 1.807) is 19.2 Å². The highest BCUT2D eigenvalue weighted by atomic mass is 16.5. The molecule has 0 amide bonds. The van der Waals surface area contributed by atoms with Gasteiger partial charge in [-0.1, -0.05) is 12.1 Å². The normalized spacial score (nSPS) is 11.2. The van der Waals surface area contributed by atoms with Crippen molar-refractivity contribution in [2.45, 2.75) is 12.8 Å². The molecular weight excluding hydrogens is 320 g/mol. The van der Waals surface area contributed by atoms with Gasteiger partial charge in [-0.15, -0.1) is 0 Å². The summed E-state index contributed by atoms with van der Waals surface area (Å²) >= 11 is 0. The van der Waals surface area contributed by atoms with Crippen molar-refractivity contribution in [1.29, 1.82) is 0 Å². The summed E-state index contributed by atoms with van der Waals surface area (Å²) in [6, 6.07) is 13.9. The molecule has 0 aliphatic rings. The molecule has 0 heterocycles. The van der Waals surface area contributed by atoms with Gasteiger partial charge in [0, 0.05) is 37.5 Å². The Morgan fingerprint density at radius 1 is 1.12 bits per heavy atom. The molecule has 132 valence electrons. The van der Waals surface area contributed by atoms with E-state index >= 15 is 0 Å². The molecule has 25 heavy (non-hydrogen) atoms. The molecule has 0 aliphatic heterocycles. The van der Waals surface area contributed by atoms with Gasteiger partial charge in [-0.2, -0.15) is 0 Å². The third-order valence-corrected chi connectivity index (χ3v) is 3.52. The molecule has 0 unspecified atom stereocenters. The number of carbonyl (C=O) groups is 1. The van der Waals surface area contributed by atoms with Crippen molar-refractivity contribution in [2.24, 2.45) is 4.99 Å². The van der Waals surface area contributed by atoms with E-state index in [2.05, 4.69) is 10.3 Å². The topological polar surface area (TPSA) is 91.1 Å². The molecule has 2 aromatic carbocycles. The second-order valence-electron chi connectivity index (χ2n) is 5.40. The molecule has 0 atom stereocenters. The quantitative estimate of drug-likeness (QED) is 0.390. The lowest BCUT2D eigenvalue weighted by atomic mass is 10.1. The molecule has 3 N–H and O–H groups in total. The number of aliphatic hydroxyl groups is 1. The minimum atomic E-state index is -0.994. The first-order chi connectivity index (χ1) is 12.1. The van der Waals surface area contributed by atoms with E-state index in [0.717, 1.165) is 25.1 Å². The Balaban J connectivity index is 2.09. The van der Waals surface area contributed by atoms with Crippen molar-refractivity contribution >= 4 is 17.6 Å².